The van der Waals surface area contributed by atoms with Gasteiger partial charge >= 0.3 is 0 Å². The fraction of sp³-hybridized carbons (Fsp3) is 0.393. The molecular weight excluding hydrogens is 580 g/mol. The van der Waals surface area contributed by atoms with E-state index in [9.17, 15) is 22.3 Å². The van der Waals surface area contributed by atoms with Gasteiger partial charge in [-0.25, -0.2) is 32.2 Å². The lowest BCUT2D eigenvalue weighted by molar-refractivity contribution is 0.0983. The standard InChI is InChI=1S/C28H27F2N9O3S/c29-28(30)12-24(28)38-16-18(13-33-38)1-2-19-14-32-26(11-23(19)37-9-6-21(40)7-10-37)35-25-5-8-31-27(36-25)20-15-34-39(17-20)43(41,42)22-3-4-22/h5,8,11,13-17,21-22,24,40H,3-4,6-7,9-10,12H2,(H,31,32,35,36). The smallest absolute Gasteiger partial charge is 0.272 e. The Labute approximate surface area is 245 Å². The molecule has 3 aliphatic rings. The first kappa shape index (κ1) is 27.4. The Kier molecular flexibility index (Phi) is 6.62. The number of alkyl halides is 2. The van der Waals surface area contributed by atoms with Crippen LogP contribution in [-0.4, -0.2) is 77.8 Å². The van der Waals surface area contributed by atoms with Gasteiger partial charge in [0.2, 0.25) is 0 Å². The minimum atomic E-state index is -3.50. The van der Waals surface area contributed by atoms with Gasteiger partial charge in [-0.15, -0.1) is 0 Å². The second kappa shape index (κ2) is 10.4. The fourth-order valence-corrected chi connectivity index (χ4v) is 6.43. The third-order valence-corrected chi connectivity index (χ3v) is 9.71. The van der Waals surface area contributed by atoms with Gasteiger partial charge in [0.05, 0.1) is 52.3 Å². The number of nitrogens with zero attached hydrogens (tertiary/aromatic N) is 8. The number of anilines is 3. The van der Waals surface area contributed by atoms with Crippen LogP contribution in [0.3, 0.4) is 0 Å². The number of aromatic nitrogens is 7. The highest BCUT2D eigenvalue weighted by Crippen LogP contribution is 2.52. The summed E-state index contributed by atoms with van der Waals surface area (Å²) in [7, 11) is -3.50. The van der Waals surface area contributed by atoms with Crippen molar-refractivity contribution < 1.29 is 22.3 Å². The van der Waals surface area contributed by atoms with Crippen molar-refractivity contribution in [1.29, 1.82) is 0 Å². The molecule has 0 amide bonds. The summed E-state index contributed by atoms with van der Waals surface area (Å²) in [5, 5.41) is 20.9. The minimum Gasteiger partial charge on any atom is -0.393 e. The molecule has 2 saturated carbocycles. The van der Waals surface area contributed by atoms with Crippen molar-refractivity contribution in [2.45, 2.75) is 55.4 Å². The first-order valence-corrected chi connectivity index (χ1v) is 15.4. The summed E-state index contributed by atoms with van der Waals surface area (Å²) < 4.78 is 54.1. The number of piperidine rings is 1. The molecule has 0 radical (unpaired) electrons. The van der Waals surface area contributed by atoms with E-state index in [0.717, 1.165) is 9.77 Å². The third kappa shape index (κ3) is 5.67. The van der Waals surface area contributed by atoms with Crippen molar-refractivity contribution in [3.8, 4) is 23.2 Å². The van der Waals surface area contributed by atoms with E-state index in [1.807, 2.05) is 6.07 Å². The number of aliphatic hydroxyl groups is 1. The first-order chi connectivity index (χ1) is 20.7. The van der Waals surface area contributed by atoms with Crippen LogP contribution in [-0.2, 0) is 10.0 Å². The number of nitrogens with one attached hydrogen (secondary N) is 1. The predicted molar refractivity (Wildman–Crippen MR) is 152 cm³/mol. The zero-order chi connectivity index (χ0) is 29.8. The first-order valence-electron chi connectivity index (χ1n) is 13.9. The predicted octanol–water partition coefficient (Wildman–Crippen LogP) is 2.96. The maximum absolute atomic E-state index is 13.4. The van der Waals surface area contributed by atoms with Crippen LogP contribution in [0.5, 0.6) is 0 Å². The Bertz CT molecular complexity index is 1850. The molecule has 2 aliphatic carbocycles. The number of aliphatic hydroxyl groups excluding tert-OH is 1. The fourth-order valence-electron chi connectivity index (χ4n) is 4.95. The zero-order valence-corrected chi connectivity index (χ0v) is 23.6. The van der Waals surface area contributed by atoms with Gasteiger partial charge in [0.1, 0.15) is 17.7 Å². The van der Waals surface area contributed by atoms with Crippen molar-refractivity contribution in [1.82, 2.24) is 33.9 Å². The van der Waals surface area contributed by atoms with Crippen molar-refractivity contribution >= 4 is 27.3 Å². The van der Waals surface area contributed by atoms with Crippen LogP contribution in [0.1, 0.15) is 49.3 Å². The highest BCUT2D eigenvalue weighted by molar-refractivity contribution is 7.90. The van der Waals surface area contributed by atoms with E-state index < -0.39 is 27.2 Å². The van der Waals surface area contributed by atoms with Gasteiger partial charge in [-0.05, 0) is 31.7 Å². The molecule has 1 unspecified atom stereocenters. The molecule has 2 N–H and O–H groups in total. The summed E-state index contributed by atoms with van der Waals surface area (Å²) in [6.07, 6.45) is 10.9. The molecule has 0 aromatic carbocycles. The van der Waals surface area contributed by atoms with Crippen LogP contribution in [0.4, 0.5) is 26.1 Å². The van der Waals surface area contributed by atoms with Crippen LogP contribution >= 0.6 is 0 Å². The maximum atomic E-state index is 13.4. The highest BCUT2D eigenvalue weighted by Gasteiger charge is 2.59. The molecule has 0 spiro atoms. The van der Waals surface area contributed by atoms with Crippen molar-refractivity contribution in [3.63, 3.8) is 0 Å². The number of halogens is 2. The van der Waals surface area contributed by atoms with E-state index in [1.165, 1.54) is 29.5 Å². The summed E-state index contributed by atoms with van der Waals surface area (Å²) in [4.78, 5) is 15.4. The molecule has 4 aromatic heterocycles. The lowest BCUT2D eigenvalue weighted by Gasteiger charge is -2.32. The molecule has 12 nitrogen and oxygen atoms in total. The van der Waals surface area contributed by atoms with E-state index >= 15 is 0 Å². The largest absolute Gasteiger partial charge is 0.393 e. The van der Waals surface area contributed by atoms with Crippen LogP contribution in [0.2, 0.25) is 0 Å². The van der Waals surface area contributed by atoms with E-state index in [4.69, 9.17) is 0 Å². The highest BCUT2D eigenvalue weighted by atomic mass is 32.2. The monoisotopic (exact) mass is 607 g/mol. The SMILES string of the molecule is O=S(=O)(C1CC1)n1cc(-c2nccc(Nc3cc(N4CCC(O)CC4)c(C#Cc4cnn(C5CC5(F)F)c4)cn3)n2)cn1. The molecule has 1 atom stereocenters. The lowest BCUT2D eigenvalue weighted by Crippen LogP contribution is -2.36. The lowest BCUT2D eigenvalue weighted by atomic mass is 10.1. The van der Waals surface area contributed by atoms with Crippen molar-refractivity contribution in [2.75, 3.05) is 23.3 Å². The number of rotatable bonds is 7. The molecule has 43 heavy (non-hydrogen) atoms. The minimum absolute atomic E-state index is 0.218. The summed E-state index contributed by atoms with van der Waals surface area (Å²) >= 11 is 0. The summed E-state index contributed by atoms with van der Waals surface area (Å²) in [5.41, 5.74) is 2.43. The molecule has 7 rings (SSSR count). The quantitative estimate of drug-likeness (QED) is 0.301. The molecule has 3 fully saturated rings. The molecule has 15 heteroatoms. The molecule has 222 valence electrons. The van der Waals surface area contributed by atoms with E-state index in [0.29, 0.717) is 72.9 Å². The van der Waals surface area contributed by atoms with Gasteiger partial charge in [-0.2, -0.15) is 14.3 Å². The third-order valence-electron chi connectivity index (χ3n) is 7.68. The molecular formula is C28H27F2N9O3S. The average Bonchev–Trinajstić information content (AvgIpc) is 3.82. The van der Waals surface area contributed by atoms with Crippen LogP contribution < -0.4 is 10.2 Å². The van der Waals surface area contributed by atoms with Crippen molar-refractivity contribution in [2.24, 2.45) is 0 Å². The molecule has 4 aromatic rings. The van der Waals surface area contributed by atoms with E-state index in [1.54, 1.807) is 18.5 Å². The van der Waals surface area contributed by atoms with Crippen LogP contribution in [0.25, 0.3) is 11.4 Å². The number of pyridine rings is 1. The van der Waals surface area contributed by atoms with Gasteiger partial charge < -0.3 is 15.3 Å². The van der Waals surface area contributed by atoms with Gasteiger partial charge in [0, 0.05) is 44.2 Å². The van der Waals surface area contributed by atoms with E-state index in [-0.39, 0.29) is 12.5 Å². The van der Waals surface area contributed by atoms with E-state index in [2.05, 4.69) is 47.2 Å². The van der Waals surface area contributed by atoms with Crippen LogP contribution in [0.15, 0.2) is 49.3 Å². The van der Waals surface area contributed by atoms with Gasteiger partial charge in [0.25, 0.3) is 15.9 Å². The second-order valence-electron chi connectivity index (χ2n) is 11.0. The molecule has 1 saturated heterocycles. The van der Waals surface area contributed by atoms with Gasteiger partial charge in [0.15, 0.2) is 5.82 Å². The Balaban J connectivity index is 1.14. The topological polar surface area (TPSA) is 144 Å². The Morgan fingerprint density at radius 1 is 1.00 bits per heavy atom. The summed E-state index contributed by atoms with van der Waals surface area (Å²) in [6, 6.07) is 2.60. The Hall–Kier alpha value is -4.42. The maximum Gasteiger partial charge on any atom is 0.272 e. The number of hydrogen-bond donors (Lipinski definition) is 2. The summed E-state index contributed by atoms with van der Waals surface area (Å²) in [5.74, 6) is 4.64. The van der Waals surface area contributed by atoms with Crippen molar-refractivity contribution in [3.05, 3.63) is 60.4 Å². The molecule has 1 aliphatic heterocycles. The second-order valence-corrected chi connectivity index (χ2v) is 13.1. The summed E-state index contributed by atoms with van der Waals surface area (Å²) in [6.45, 7) is 1.25. The van der Waals surface area contributed by atoms with Crippen LogP contribution in [0, 0.1) is 11.8 Å². The van der Waals surface area contributed by atoms with Gasteiger partial charge in [-0.3, -0.25) is 4.68 Å². The normalized spacial score (nSPS) is 20.0. The Morgan fingerprint density at radius 3 is 2.53 bits per heavy atom. The Morgan fingerprint density at radius 2 is 1.79 bits per heavy atom. The number of hydrogen-bond acceptors (Lipinski definition) is 10. The zero-order valence-electron chi connectivity index (χ0n) is 22.8. The average molecular weight is 608 g/mol. The van der Waals surface area contributed by atoms with Gasteiger partial charge in [-0.1, -0.05) is 11.8 Å². The molecule has 5 heterocycles. The molecule has 0 bridgehead atoms.